The summed E-state index contributed by atoms with van der Waals surface area (Å²) in [5, 5.41) is 13.5. The fourth-order valence-electron chi connectivity index (χ4n) is 2.07. The van der Waals surface area contributed by atoms with Gasteiger partial charge in [0.15, 0.2) is 5.82 Å². The van der Waals surface area contributed by atoms with Crippen molar-refractivity contribution >= 4 is 22.3 Å². The van der Waals surface area contributed by atoms with Crippen LogP contribution in [0.25, 0.3) is 10.8 Å². The molecule has 1 aromatic heterocycles. The Hall–Kier alpha value is -2.66. The molecule has 0 bridgehead atoms. The summed E-state index contributed by atoms with van der Waals surface area (Å²) in [6.07, 6.45) is 1.75. The molecule has 0 aliphatic rings. The van der Waals surface area contributed by atoms with Crippen molar-refractivity contribution in [3.05, 3.63) is 54.7 Å². The van der Waals surface area contributed by atoms with Gasteiger partial charge in [-0.15, -0.1) is 5.10 Å². The first-order valence-corrected chi connectivity index (χ1v) is 6.77. The highest BCUT2D eigenvalue weighted by Gasteiger charge is 2.03. The van der Waals surface area contributed by atoms with Crippen LogP contribution in [0, 0.1) is 0 Å². The van der Waals surface area contributed by atoms with Gasteiger partial charge in [-0.3, -0.25) is 0 Å². The molecule has 0 atom stereocenters. The van der Waals surface area contributed by atoms with Crippen LogP contribution < -0.4 is 15.8 Å². The number of fused-ring (bicyclic) bond motifs is 1. The SMILES string of the molecule is NCCOc1ccc(Nc2nncc3ccccc23)cc1. The molecule has 21 heavy (non-hydrogen) atoms. The number of anilines is 2. The number of rotatable bonds is 5. The fraction of sp³-hybridized carbons (Fsp3) is 0.125. The molecule has 106 valence electrons. The van der Waals surface area contributed by atoms with Crippen molar-refractivity contribution in [2.24, 2.45) is 5.73 Å². The molecule has 0 saturated heterocycles. The number of nitrogens with one attached hydrogen (secondary N) is 1. The number of hydrogen-bond acceptors (Lipinski definition) is 5. The van der Waals surface area contributed by atoms with Gasteiger partial charge in [0.25, 0.3) is 0 Å². The molecule has 2 aromatic carbocycles. The second kappa shape index (κ2) is 6.19. The van der Waals surface area contributed by atoms with Gasteiger partial charge in [-0.05, 0) is 24.3 Å². The Morgan fingerprint density at radius 1 is 1.05 bits per heavy atom. The molecule has 3 rings (SSSR count). The van der Waals surface area contributed by atoms with Crippen molar-refractivity contribution < 1.29 is 4.74 Å². The number of aromatic nitrogens is 2. The molecule has 1 heterocycles. The van der Waals surface area contributed by atoms with Gasteiger partial charge in [-0.1, -0.05) is 24.3 Å². The first-order chi connectivity index (χ1) is 10.4. The van der Waals surface area contributed by atoms with Crippen LogP contribution in [0.3, 0.4) is 0 Å². The van der Waals surface area contributed by atoms with Gasteiger partial charge in [-0.2, -0.15) is 5.10 Å². The van der Waals surface area contributed by atoms with Crippen molar-refractivity contribution in [1.82, 2.24) is 10.2 Å². The zero-order valence-electron chi connectivity index (χ0n) is 11.5. The minimum atomic E-state index is 0.506. The highest BCUT2D eigenvalue weighted by Crippen LogP contribution is 2.24. The Bertz CT molecular complexity index is 722. The average molecular weight is 280 g/mol. The van der Waals surface area contributed by atoms with Crippen LogP contribution in [0.1, 0.15) is 0 Å². The third-order valence-electron chi connectivity index (χ3n) is 3.07. The summed E-state index contributed by atoms with van der Waals surface area (Å²) in [5.74, 6) is 1.54. The van der Waals surface area contributed by atoms with Crippen molar-refractivity contribution in [3.8, 4) is 5.75 Å². The topological polar surface area (TPSA) is 73.1 Å². The van der Waals surface area contributed by atoms with Crippen molar-refractivity contribution in [1.29, 1.82) is 0 Å². The number of benzene rings is 2. The summed E-state index contributed by atoms with van der Waals surface area (Å²) in [5.41, 5.74) is 6.34. The number of ether oxygens (including phenoxy) is 1. The van der Waals surface area contributed by atoms with Crippen LogP contribution in [-0.4, -0.2) is 23.3 Å². The van der Waals surface area contributed by atoms with Gasteiger partial charge < -0.3 is 15.8 Å². The van der Waals surface area contributed by atoms with Gasteiger partial charge in [0, 0.05) is 23.0 Å². The van der Waals surface area contributed by atoms with Gasteiger partial charge in [0.05, 0.1) is 6.20 Å². The maximum absolute atomic E-state index is 5.45. The second-order valence-electron chi connectivity index (χ2n) is 4.57. The van der Waals surface area contributed by atoms with Gasteiger partial charge >= 0.3 is 0 Å². The lowest BCUT2D eigenvalue weighted by atomic mass is 10.2. The highest BCUT2D eigenvalue weighted by molar-refractivity contribution is 5.92. The summed E-state index contributed by atoms with van der Waals surface area (Å²) >= 11 is 0. The van der Waals surface area contributed by atoms with Crippen LogP contribution in [-0.2, 0) is 0 Å². The molecule has 0 radical (unpaired) electrons. The van der Waals surface area contributed by atoms with E-state index in [4.69, 9.17) is 10.5 Å². The third-order valence-corrected chi connectivity index (χ3v) is 3.07. The van der Waals surface area contributed by atoms with E-state index in [-0.39, 0.29) is 0 Å². The molecular weight excluding hydrogens is 264 g/mol. The van der Waals surface area contributed by atoms with E-state index in [2.05, 4.69) is 15.5 Å². The summed E-state index contributed by atoms with van der Waals surface area (Å²) in [7, 11) is 0. The Kier molecular flexibility index (Phi) is 3.93. The first-order valence-electron chi connectivity index (χ1n) is 6.77. The molecule has 0 spiro atoms. The Morgan fingerprint density at radius 2 is 1.86 bits per heavy atom. The first kappa shape index (κ1) is 13.3. The second-order valence-corrected chi connectivity index (χ2v) is 4.57. The molecule has 5 nitrogen and oxygen atoms in total. The Labute approximate surface area is 122 Å². The van der Waals surface area contributed by atoms with E-state index in [0.29, 0.717) is 13.2 Å². The Morgan fingerprint density at radius 3 is 2.67 bits per heavy atom. The predicted molar refractivity (Wildman–Crippen MR) is 83.8 cm³/mol. The molecule has 0 aliphatic carbocycles. The normalized spacial score (nSPS) is 10.5. The lowest BCUT2D eigenvalue weighted by molar-refractivity contribution is 0.328. The monoisotopic (exact) mass is 280 g/mol. The highest BCUT2D eigenvalue weighted by atomic mass is 16.5. The largest absolute Gasteiger partial charge is 0.492 e. The molecule has 0 aliphatic heterocycles. The van der Waals surface area contributed by atoms with Crippen LogP contribution in [0.2, 0.25) is 0 Å². The number of nitrogens with zero attached hydrogens (tertiary/aromatic N) is 2. The quantitative estimate of drug-likeness (QED) is 0.751. The summed E-state index contributed by atoms with van der Waals surface area (Å²) in [6, 6.07) is 15.7. The van der Waals surface area contributed by atoms with Crippen LogP contribution in [0.5, 0.6) is 5.75 Å². The van der Waals surface area contributed by atoms with E-state index in [0.717, 1.165) is 28.0 Å². The van der Waals surface area contributed by atoms with Gasteiger partial charge in [0.2, 0.25) is 0 Å². The van der Waals surface area contributed by atoms with Gasteiger partial charge in [-0.25, -0.2) is 0 Å². The molecule has 0 unspecified atom stereocenters. The van der Waals surface area contributed by atoms with Crippen LogP contribution in [0.4, 0.5) is 11.5 Å². The van der Waals surface area contributed by atoms with Crippen molar-refractivity contribution in [3.63, 3.8) is 0 Å². The summed E-state index contributed by atoms with van der Waals surface area (Å²) in [4.78, 5) is 0. The minimum Gasteiger partial charge on any atom is -0.492 e. The number of hydrogen-bond donors (Lipinski definition) is 2. The molecule has 3 aromatic rings. The van der Waals surface area contributed by atoms with Gasteiger partial charge in [0.1, 0.15) is 12.4 Å². The molecule has 5 heteroatoms. The molecule has 0 fully saturated rings. The predicted octanol–water partition coefficient (Wildman–Crippen LogP) is 2.71. The molecular formula is C16H16N4O. The molecule has 0 saturated carbocycles. The number of nitrogens with two attached hydrogens (primary N) is 1. The third kappa shape index (κ3) is 3.09. The van der Waals surface area contributed by atoms with Crippen LogP contribution in [0.15, 0.2) is 54.7 Å². The van der Waals surface area contributed by atoms with E-state index in [1.165, 1.54) is 0 Å². The van der Waals surface area contributed by atoms with E-state index < -0.39 is 0 Å². The fourth-order valence-corrected chi connectivity index (χ4v) is 2.07. The summed E-state index contributed by atoms with van der Waals surface area (Å²) in [6.45, 7) is 1.02. The molecule has 3 N–H and O–H groups in total. The summed E-state index contributed by atoms with van der Waals surface area (Å²) < 4.78 is 5.45. The van der Waals surface area contributed by atoms with E-state index in [9.17, 15) is 0 Å². The van der Waals surface area contributed by atoms with Crippen LogP contribution >= 0.6 is 0 Å². The standard InChI is InChI=1S/C16H16N4O/c17-9-10-21-14-7-5-13(6-8-14)19-16-15-4-2-1-3-12(15)11-18-20-16/h1-8,11H,9-10,17H2,(H,19,20). The van der Waals surface area contributed by atoms with E-state index >= 15 is 0 Å². The maximum Gasteiger partial charge on any atom is 0.160 e. The lowest BCUT2D eigenvalue weighted by Gasteiger charge is -2.09. The molecule has 0 amide bonds. The van der Waals surface area contributed by atoms with Crippen molar-refractivity contribution in [2.75, 3.05) is 18.5 Å². The minimum absolute atomic E-state index is 0.506. The van der Waals surface area contributed by atoms with E-state index in [1.807, 2.05) is 48.5 Å². The zero-order valence-corrected chi connectivity index (χ0v) is 11.5. The maximum atomic E-state index is 5.45. The lowest BCUT2D eigenvalue weighted by Crippen LogP contribution is -2.10. The Balaban J connectivity index is 1.82. The average Bonchev–Trinajstić information content (AvgIpc) is 2.55. The smallest absolute Gasteiger partial charge is 0.160 e. The zero-order chi connectivity index (χ0) is 14.5. The van der Waals surface area contributed by atoms with E-state index in [1.54, 1.807) is 6.20 Å². The van der Waals surface area contributed by atoms with Crippen molar-refractivity contribution in [2.45, 2.75) is 0 Å².